The summed E-state index contributed by atoms with van der Waals surface area (Å²) in [5.41, 5.74) is -1.24. The molecule has 0 aromatic heterocycles. The molecular weight excluding hydrogens is 206 g/mol. The van der Waals surface area contributed by atoms with E-state index in [0.717, 1.165) is 12.8 Å². The molecule has 0 radical (unpaired) electrons. The Morgan fingerprint density at radius 3 is 1.88 bits per heavy atom. The molecule has 0 aromatic carbocycles. The molecule has 4 heteroatoms. The smallest absolute Gasteiger partial charge is 0.309 e. The summed E-state index contributed by atoms with van der Waals surface area (Å²) in [6.07, 6.45) is 1.68. The van der Waals surface area contributed by atoms with Gasteiger partial charge >= 0.3 is 5.97 Å². The Balaban J connectivity index is 4.45. The first kappa shape index (κ1) is 14.9. The van der Waals surface area contributed by atoms with Gasteiger partial charge in [0.2, 0.25) is 5.91 Å². The number of nitrogens with one attached hydrogen (secondary N) is 1. The Bertz CT molecular complexity index is 267. The second-order valence-electron chi connectivity index (χ2n) is 5.18. The number of hydrogen-bond donors (Lipinski definition) is 2. The van der Waals surface area contributed by atoms with Crippen molar-refractivity contribution in [1.82, 2.24) is 5.32 Å². The third-order valence-corrected chi connectivity index (χ3v) is 3.18. The van der Waals surface area contributed by atoms with Crippen LogP contribution >= 0.6 is 0 Å². The maximum absolute atomic E-state index is 11.7. The Morgan fingerprint density at radius 2 is 1.56 bits per heavy atom. The van der Waals surface area contributed by atoms with Crippen LogP contribution in [0.1, 0.15) is 53.9 Å². The fraction of sp³-hybridized carbons (Fsp3) is 0.833. The van der Waals surface area contributed by atoms with Crippen molar-refractivity contribution in [3.05, 3.63) is 0 Å². The number of carboxylic acid groups (broad SMARTS) is 1. The van der Waals surface area contributed by atoms with E-state index in [1.807, 2.05) is 20.8 Å². The molecule has 0 fully saturated rings. The van der Waals surface area contributed by atoms with Crippen LogP contribution in [0, 0.1) is 5.41 Å². The molecule has 0 heterocycles. The normalized spacial score (nSPS) is 12.3. The molecule has 0 unspecified atom stereocenters. The van der Waals surface area contributed by atoms with Crippen molar-refractivity contribution in [2.45, 2.75) is 59.4 Å². The molecule has 0 aliphatic heterocycles. The Labute approximate surface area is 97.4 Å². The minimum atomic E-state index is -1.01. The average molecular weight is 229 g/mol. The van der Waals surface area contributed by atoms with Crippen molar-refractivity contribution in [3.8, 4) is 0 Å². The maximum atomic E-state index is 11.7. The van der Waals surface area contributed by atoms with Gasteiger partial charge in [-0.2, -0.15) is 0 Å². The summed E-state index contributed by atoms with van der Waals surface area (Å²) in [6, 6.07) is 0. The van der Waals surface area contributed by atoms with Gasteiger partial charge in [-0.1, -0.05) is 13.8 Å². The van der Waals surface area contributed by atoms with Crippen LogP contribution in [0.5, 0.6) is 0 Å². The molecule has 0 aliphatic rings. The number of aliphatic carboxylic acids is 1. The van der Waals surface area contributed by atoms with Crippen molar-refractivity contribution in [1.29, 1.82) is 0 Å². The third-order valence-electron chi connectivity index (χ3n) is 3.18. The first-order chi connectivity index (χ1) is 7.17. The second kappa shape index (κ2) is 5.32. The van der Waals surface area contributed by atoms with Crippen LogP contribution in [0.2, 0.25) is 0 Å². The van der Waals surface area contributed by atoms with Gasteiger partial charge in [-0.25, -0.2) is 0 Å². The predicted octanol–water partition coefficient (Wildman–Crippen LogP) is 2.18. The summed E-state index contributed by atoms with van der Waals surface area (Å²) in [4.78, 5) is 22.6. The fourth-order valence-corrected chi connectivity index (χ4v) is 1.28. The highest BCUT2D eigenvalue weighted by molar-refractivity contribution is 5.84. The minimum Gasteiger partial charge on any atom is -0.481 e. The molecule has 0 rings (SSSR count). The monoisotopic (exact) mass is 229 g/mol. The number of amides is 1. The molecule has 2 N–H and O–H groups in total. The number of hydrogen-bond acceptors (Lipinski definition) is 2. The van der Waals surface area contributed by atoms with E-state index in [-0.39, 0.29) is 17.9 Å². The largest absolute Gasteiger partial charge is 0.481 e. The van der Waals surface area contributed by atoms with Gasteiger partial charge in [0.25, 0.3) is 0 Å². The van der Waals surface area contributed by atoms with Crippen molar-refractivity contribution in [3.63, 3.8) is 0 Å². The molecule has 0 saturated carbocycles. The zero-order valence-electron chi connectivity index (χ0n) is 10.9. The Morgan fingerprint density at radius 1 is 1.12 bits per heavy atom. The van der Waals surface area contributed by atoms with Crippen molar-refractivity contribution < 1.29 is 14.7 Å². The van der Waals surface area contributed by atoms with Crippen LogP contribution in [-0.4, -0.2) is 22.5 Å². The number of carboxylic acids is 1. The summed E-state index contributed by atoms with van der Waals surface area (Å²) < 4.78 is 0. The maximum Gasteiger partial charge on any atom is 0.309 e. The lowest BCUT2D eigenvalue weighted by Crippen LogP contribution is -2.46. The molecule has 0 atom stereocenters. The quantitative estimate of drug-likeness (QED) is 0.733. The lowest BCUT2D eigenvalue weighted by molar-refractivity contribution is -0.149. The van der Waals surface area contributed by atoms with Gasteiger partial charge in [0.05, 0.1) is 5.41 Å². The van der Waals surface area contributed by atoms with Crippen LogP contribution in [0.15, 0.2) is 0 Å². The zero-order chi connectivity index (χ0) is 13.0. The van der Waals surface area contributed by atoms with E-state index in [4.69, 9.17) is 5.11 Å². The summed E-state index contributed by atoms with van der Waals surface area (Å²) >= 11 is 0. The van der Waals surface area contributed by atoms with Gasteiger partial charge in [0.15, 0.2) is 0 Å². The third kappa shape index (κ3) is 4.21. The molecule has 4 nitrogen and oxygen atoms in total. The van der Waals surface area contributed by atoms with Crippen molar-refractivity contribution in [2.24, 2.45) is 5.41 Å². The molecule has 94 valence electrons. The summed E-state index contributed by atoms with van der Waals surface area (Å²) in [6.45, 7) is 9.10. The van der Waals surface area contributed by atoms with Crippen LogP contribution in [-0.2, 0) is 9.59 Å². The van der Waals surface area contributed by atoms with Gasteiger partial charge < -0.3 is 10.4 Å². The van der Waals surface area contributed by atoms with Gasteiger partial charge in [-0.3, -0.25) is 9.59 Å². The van der Waals surface area contributed by atoms with E-state index in [2.05, 4.69) is 5.32 Å². The van der Waals surface area contributed by atoms with E-state index in [1.165, 1.54) is 0 Å². The molecule has 0 saturated heterocycles. The second-order valence-corrected chi connectivity index (χ2v) is 5.18. The highest BCUT2D eigenvalue weighted by Crippen LogP contribution is 2.22. The Hall–Kier alpha value is -1.06. The molecule has 0 bridgehead atoms. The summed E-state index contributed by atoms with van der Waals surface area (Å²) in [7, 11) is 0. The molecule has 0 aliphatic carbocycles. The Kier molecular flexibility index (Phi) is 4.97. The molecule has 0 spiro atoms. The standard InChI is InChI=1S/C12H23NO3/c1-6-12(5,7-2)13-9(14)8-11(3,4)10(15)16/h6-8H2,1-5H3,(H,13,14)(H,15,16). The van der Waals surface area contributed by atoms with Crippen LogP contribution in [0.4, 0.5) is 0 Å². The van der Waals surface area contributed by atoms with E-state index in [0.29, 0.717) is 0 Å². The van der Waals surface area contributed by atoms with Crippen LogP contribution in [0.3, 0.4) is 0 Å². The van der Waals surface area contributed by atoms with Crippen LogP contribution < -0.4 is 5.32 Å². The average Bonchev–Trinajstić information content (AvgIpc) is 2.16. The molecular formula is C12H23NO3. The molecule has 1 amide bonds. The SMILES string of the molecule is CCC(C)(CC)NC(=O)CC(C)(C)C(=O)O. The number of rotatable bonds is 6. The number of carbonyl (C=O) groups excluding carboxylic acids is 1. The van der Waals surface area contributed by atoms with Gasteiger partial charge in [-0.05, 0) is 33.6 Å². The topological polar surface area (TPSA) is 66.4 Å². The first-order valence-electron chi connectivity index (χ1n) is 5.71. The predicted molar refractivity (Wildman–Crippen MR) is 63.2 cm³/mol. The summed E-state index contributed by atoms with van der Waals surface area (Å²) in [5, 5.41) is 11.8. The van der Waals surface area contributed by atoms with Crippen molar-refractivity contribution in [2.75, 3.05) is 0 Å². The van der Waals surface area contributed by atoms with Gasteiger partial charge in [0.1, 0.15) is 0 Å². The van der Waals surface area contributed by atoms with Gasteiger partial charge in [-0.15, -0.1) is 0 Å². The zero-order valence-corrected chi connectivity index (χ0v) is 10.9. The van der Waals surface area contributed by atoms with Crippen molar-refractivity contribution >= 4 is 11.9 Å². The van der Waals surface area contributed by atoms with Crippen LogP contribution in [0.25, 0.3) is 0 Å². The highest BCUT2D eigenvalue weighted by Gasteiger charge is 2.32. The van der Waals surface area contributed by atoms with Gasteiger partial charge in [0, 0.05) is 12.0 Å². The van der Waals surface area contributed by atoms with E-state index in [9.17, 15) is 9.59 Å². The fourth-order valence-electron chi connectivity index (χ4n) is 1.28. The highest BCUT2D eigenvalue weighted by atomic mass is 16.4. The minimum absolute atomic E-state index is 0.0118. The van der Waals surface area contributed by atoms with E-state index >= 15 is 0 Å². The number of carbonyl (C=O) groups is 2. The van der Waals surface area contributed by atoms with E-state index in [1.54, 1.807) is 13.8 Å². The lowest BCUT2D eigenvalue weighted by atomic mass is 9.88. The first-order valence-corrected chi connectivity index (χ1v) is 5.71. The van der Waals surface area contributed by atoms with E-state index < -0.39 is 11.4 Å². The molecule has 0 aromatic rings. The lowest BCUT2D eigenvalue weighted by Gasteiger charge is -2.30. The molecule has 16 heavy (non-hydrogen) atoms. The summed E-state index contributed by atoms with van der Waals surface area (Å²) in [5.74, 6) is -1.14.